The van der Waals surface area contributed by atoms with E-state index in [1.807, 2.05) is 31.2 Å². The zero-order valence-electron chi connectivity index (χ0n) is 10.7. The maximum Gasteiger partial charge on any atom is 0.251 e. The summed E-state index contributed by atoms with van der Waals surface area (Å²) in [5.41, 5.74) is 1.96. The van der Waals surface area contributed by atoms with Crippen LogP contribution in [0.2, 0.25) is 0 Å². The predicted octanol–water partition coefficient (Wildman–Crippen LogP) is 3.30. The second-order valence-electron chi connectivity index (χ2n) is 5.21. The smallest absolute Gasteiger partial charge is 0.251 e. The van der Waals surface area contributed by atoms with Crippen molar-refractivity contribution in [2.45, 2.75) is 45.6 Å². The van der Waals surface area contributed by atoms with Gasteiger partial charge in [0.2, 0.25) is 0 Å². The molecular formula is C15H21NO. The van der Waals surface area contributed by atoms with Crippen molar-refractivity contribution in [1.82, 2.24) is 5.32 Å². The summed E-state index contributed by atoms with van der Waals surface area (Å²) < 4.78 is 0. The first-order chi connectivity index (χ1) is 8.16. The Hall–Kier alpha value is -1.31. The average Bonchev–Trinajstić information content (AvgIpc) is 2.33. The average molecular weight is 231 g/mol. The number of benzene rings is 1. The standard InChI is InChI=1S/C15H21NO/c1-11-7-9-13(10-8-11)15(17)16-14-6-4-3-5-12(14)2/h7-10,12,14H,3-6H2,1-2H3,(H,16,17). The topological polar surface area (TPSA) is 29.1 Å². The molecule has 92 valence electrons. The van der Waals surface area contributed by atoms with Gasteiger partial charge in [0.05, 0.1) is 0 Å². The van der Waals surface area contributed by atoms with E-state index < -0.39 is 0 Å². The number of hydrogen-bond acceptors (Lipinski definition) is 1. The molecule has 1 aromatic rings. The number of rotatable bonds is 2. The molecule has 0 radical (unpaired) electrons. The van der Waals surface area contributed by atoms with E-state index in [9.17, 15) is 4.79 Å². The molecule has 2 unspecified atom stereocenters. The van der Waals surface area contributed by atoms with E-state index in [4.69, 9.17) is 0 Å². The van der Waals surface area contributed by atoms with E-state index in [0.29, 0.717) is 12.0 Å². The van der Waals surface area contributed by atoms with Crippen molar-refractivity contribution in [3.63, 3.8) is 0 Å². The van der Waals surface area contributed by atoms with Gasteiger partial charge in [-0.2, -0.15) is 0 Å². The van der Waals surface area contributed by atoms with Crippen molar-refractivity contribution in [1.29, 1.82) is 0 Å². The zero-order valence-corrected chi connectivity index (χ0v) is 10.7. The molecule has 1 aliphatic rings. The fraction of sp³-hybridized carbons (Fsp3) is 0.533. The molecule has 17 heavy (non-hydrogen) atoms. The molecule has 1 amide bonds. The fourth-order valence-electron chi connectivity index (χ4n) is 2.49. The highest BCUT2D eigenvalue weighted by Gasteiger charge is 2.22. The molecule has 1 N–H and O–H groups in total. The summed E-state index contributed by atoms with van der Waals surface area (Å²) >= 11 is 0. The van der Waals surface area contributed by atoms with E-state index in [1.165, 1.54) is 24.8 Å². The quantitative estimate of drug-likeness (QED) is 0.831. The van der Waals surface area contributed by atoms with E-state index in [-0.39, 0.29) is 5.91 Å². The third kappa shape index (κ3) is 3.09. The molecular weight excluding hydrogens is 210 g/mol. The van der Waals surface area contributed by atoms with Gasteiger partial charge in [0.15, 0.2) is 0 Å². The third-order valence-corrected chi connectivity index (χ3v) is 3.74. The molecule has 1 fully saturated rings. The number of amides is 1. The third-order valence-electron chi connectivity index (χ3n) is 3.74. The SMILES string of the molecule is Cc1ccc(C(=O)NC2CCCCC2C)cc1. The van der Waals surface area contributed by atoms with Gasteiger partial charge in [0.25, 0.3) is 5.91 Å². The first-order valence-electron chi connectivity index (χ1n) is 6.54. The summed E-state index contributed by atoms with van der Waals surface area (Å²) in [5.74, 6) is 0.682. The van der Waals surface area contributed by atoms with Crippen LogP contribution in [0.3, 0.4) is 0 Å². The van der Waals surface area contributed by atoms with Gasteiger partial charge in [-0.15, -0.1) is 0 Å². The minimum absolute atomic E-state index is 0.0729. The van der Waals surface area contributed by atoms with Crippen LogP contribution in [0.15, 0.2) is 24.3 Å². The summed E-state index contributed by atoms with van der Waals surface area (Å²) in [7, 11) is 0. The Morgan fingerprint density at radius 1 is 1.18 bits per heavy atom. The fourth-order valence-corrected chi connectivity index (χ4v) is 2.49. The normalized spacial score (nSPS) is 24.4. The lowest BCUT2D eigenvalue weighted by Gasteiger charge is -2.29. The van der Waals surface area contributed by atoms with Crippen LogP contribution in [-0.2, 0) is 0 Å². The Kier molecular flexibility index (Phi) is 3.82. The highest BCUT2D eigenvalue weighted by molar-refractivity contribution is 5.94. The molecule has 2 nitrogen and oxygen atoms in total. The molecule has 1 aromatic carbocycles. The number of aryl methyl sites for hydroxylation is 1. The largest absolute Gasteiger partial charge is 0.349 e. The second-order valence-corrected chi connectivity index (χ2v) is 5.21. The van der Waals surface area contributed by atoms with Crippen LogP contribution in [0.5, 0.6) is 0 Å². The molecule has 0 bridgehead atoms. The van der Waals surface area contributed by atoms with Crippen molar-refractivity contribution < 1.29 is 4.79 Å². The molecule has 0 aromatic heterocycles. The van der Waals surface area contributed by atoms with Gasteiger partial charge in [-0.1, -0.05) is 37.5 Å². The van der Waals surface area contributed by atoms with Crippen LogP contribution < -0.4 is 5.32 Å². The Balaban J connectivity index is 1.98. The first-order valence-corrected chi connectivity index (χ1v) is 6.54. The molecule has 2 rings (SSSR count). The molecule has 1 aliphatic carbocycles. The van der Waals surface area contributed by atoms with Gasteiger partial charge in [0.1, 0.15) is 0 Å². The summed E-state index contributed by atoms with van der Waals surface area (Å²) in [4.78, 5) is 12.1. The Labute approximate surface area is 103 Å². The van der Waals surface area contributed by atoms with Crippen LogP contribution in [0.4, 0.5) is 0 Å². The molecule has 0 spiro atoms. The van der Waals surface area contributed by atoms with Crippen molar-refractivity contribution >= 4 is 5.91 Å². The van der Waals surface area contributed by atoms with Crippen LogP contribution in [0, 0.1) is 12.8 Å². The van der Waals surface area contributed by atoms with Gasteiger partial charge < -0.3 is 5.32 Å². The maximum atomic E-state index is 12.1. The second kappa shape index (κ2) is 5.35. The minimum Gasteiger partial charge on any atom is -0.349 e. The molecule has 0 saturated heterocycles. The van der Waals surface area contributed by atoms with Gasteiger partial charge in [-0.25, -0.2) is 0 Å². The molecule has 0 aliphatic heterocycles. The Bertz CT molecular complexity index is 382. The highest BCUT2D eigenvalue weighted by Crippen LogP contribution is 2.23. The number of hydrogen-bond donors (Lipinski definition) is 1. The van der Waals surface area contributed by atoms with Gasteiger partial charge in [0, 0.05) is 11.6 Å². The molecule has 2 heteroatoms. The number of carbonyl (C=O) groups excluding carboxylic acids is 1. The van der Waals surface area contributed by atoms with Crippen molar-refractivity contribution in [2.75, 3.05) is 0 Å². The first kappa shape index (κ1) is 12.2. The Morgan fingerprint density at radius 2 is 1.82 bits per heavy atom. The highest BCUT2D eigenvalue weighted by atomic mass is 16.1. The lowest BCUT2D eigenvalue weighted by atomic mass is 9.86. The van der Waals surface area contributed by atoms with Crippen molar-refractivity contribution in [3.05, 3.63) is 35.4 Å². The lowest BCUT2D eigenvalue weighted by molar-refractivity contribution is 0.0910. The van der Waals surface area contributed by atoms with Crippen molar-refractivity contribution in [2.24, 2.45) is 5.92 Å². The van der Waals surface area contributed by atoms with E-state index in [2.05, 4.69) is 12.2 Å². The lowest BCUT2D eigenvalue weighted by Crippen LogP contribution is -2.41. The van der Waals surface area contributed by atoms with E-state index in [0.717, 1.165) is 12.0 Å². The van der Waals surface area contributed by atoms with Crippen LogP contribution in [0.1, 0.15) is 48.5 Å². The molecule has 2 atom stereocenters. The van der Waals surface area contributed by atoms with Crippen LogP contribution in [-0.4, -0.2) is 11.9 Å². The van der Waals surface area contributed by atoms with E-state index in [1.54, 1.807) is 0 Å². The van der Waals surface area contributed by atoms with Gasteiger partial charge >= 0.3 is 0 Å². The molecule has 0 heterocycles. The summed E-state index contributed by atoms with van der Waals surface area (Å²) in [6.45, 7) is 4.27. The van der Waals surface area contributed by atoms with Crippen molar-refractivity contribution in [3.8, 4) is 0 Å². The zero-order chi connectivity index (χ0) is 12.3. The van der Waals surface area contributed by atoms with Gasteiger partial charge in [-0.3, -0.25) is 4.79 Å². The van der Waals surface area contributed by atoms with Crippen LogP contribution >= 0.6 is 0 Å². The van der Waals surface area contributed by atoms with Gasteiger partial charge in [-0.05, 0) is 37.8 Å². The monoisotopic (exact) mass is 231 g/mol. The van der Waals surface area contributed by atoms with E-state index >= 15 is 0 Å². The summed E-state index contributed by atoms with van der Waals surface area (Å²) in [6.07, 6.45) is 4.90. The molecule has 1 saturated carbocycles. The number of nitrogens with one attached hydrogen (secondary N) is 1. The predicted molar refractivity (Wildman–Crippen MR) is 70.1 cm³/mol. The number of carbonyl (C=O) groups is 1. The summed E-state index contributed by atoms with van der Waals surface area (Å²) in [6, 6.07) is 8.13. The Morgan fingerprint density at radius 3 is 2.47 bits per heavy atom. The summed E-state index contributed by atoms with van der Waals surface area (Å²) in [5, 5.41) is 3.17. The van der Waals surface area contributed by atoms with Crippen LogP contribution in [0.25, 0.3) is 0 Å². The maximum absolute atomic E-state index is 12.1. The minimum atomic E-state index is 0.0729.